The Morgan fingerprint density at radius 3 is 2.66 bits per heavy atom. The van der Waals surface area contributed by atoms with Crippen LogP contribution in [0.5, 0.6) is 0 Å². The van der Waals surface area contributed by atoms with E-state index in [9.17, 15) is 18.4 Å². The molecule has 198 valence electrons. The lowest BCUT2D eigenvalue weighted by molar-refractivity contribution is -0.199. The van der Waals surface area contributed by atoms with Gasteiger partial charge in [0.15, 0.2) is 0 Å². The van der Waals surface area contributed by atoms with Gasteiger partial charge < -0.3 is 24.4 Å². The van der Waals surface area contributed by atoms with Crippen molar-refractivity contribution in [3.8, 4) is 0 Å². The summed E-state index contributed by atoms with van der Waals surface area (Å²) in [6.45, 7) is 6.61. The quantitative estimate of drug-likeness (QED) is 0.377. The van der Waals surface area contributed by atoms with E-state index in [1.807, 2.05) is 24.3 Å². The van der Waals surface area contributed by atoms with E-state index in [0.29, 0.717) is 23.5 Å². The smallest absolute Gasteiger partial charge is 0.464 e. The molecule has 10 heteroatoms. The predicted octanol–water partition coefficient (Wildman–Crippen LogP) is 4.64. The Balaban J connectivity index is 1.25. The third kappa shape index (κ3) is 4.01. The molecule has 1 aliphatic heterocycles. The van der Waals surface area contributed by atoms with Gasteiger partial charge in [-0.3, -0.25) is 9.59 Å². The molecule has 0 radical (unpaired) electrons. The zero-order valence-corrected chi connectivity index (χ0v) is 21.4. The van der Waals surface area contributed by atoms with Crippen molar-refractivity contribution >= 4 is 35.6 Å². The first kappa shape index (κ1) is 25.1. The monoisotopic (exact) mass is 522 g/mol. The Bertz CT molecular complexity index is 1430. The summed E-state index contributed by atoms with van der Waals surface area (Å²) in [5, 5.41) is 5.84. The molecule has 3 aliphatic carbocycles. The van der Waals surface area contributed by atoms with Gasteiger partial charge in [-0.05, 0) is 67.2 Å². The molecule has 3 unspecified atom stereocenters. The maximum absolute atomic E-state index is 14.1. The van der Waals surface area contributed by atoms with E-state index in [-0.39, 0.29) is 23.6 Å². The minimum absolute atomic E-state index is 0.119. The van der Waals surface area contributed by atoms with Crippen LogP contribution in [0.2, 0.25) is 0 Å². The SMILES string of the molecule is CC1(C)C2CC1[C@]1(C)OB(C(Cc3coc4ccccc34)NC(=O)C(=O)Nc3ccc(F)cc3F)O[C@@H]1C2. The first-order valence-electron chi connectivity index (χ1n) is 12.9. The second kappa shape index (κ2) is 8.91. The molecule has 4 fully saturated rings. The molecule has 1 saturated heterocycles. The molecule has 5 atom stereocenters. The van der Waals surface area contributed by atoms with Crippen LogP contribution in [0.3, 0.4) is 0 Å². The van der Waals surface area contributed by atoms with Gasteiger partial charge in [0.1, 0.15) is 17.2 Å². The topological polar surface area (TPSA) is 89.8 Å². The fraction of sp³-hybridized carbons (Fsp3) is 0.429. The summed E-state index contributed by atoms with van der Waals surface area (Å²) in [7, 11) is -0.798. The van der Waals surface area contributed by atoms with E-state index in [1.165, 1.54) is 0 Å². The summed E-state index contributed by atoms with van der Waals surface area (Å²) in [6, 6.07) is 10.2. The van der Waals surface area contributed by atoms with Crippen LogP contribution in [-0.4, -0.2) is 36.6 Å². The number of hydrogen-bond donors (Lipinski definition) is 2. The summed E-state index contributed by atoms with van der Waals surface area (Å²) >= 11 is 0. The summed E-state index contributed by atoms with van der Waals surface area (Å²) in [6.07, 6.45) is 3.74. The van der Waals surface area contributed by atoms with Crippen molar-refractivity contribution in [2.24, 2.45) is 17.3 Å². The van der Waals surface area contributed by atoms with Crippen LogP contribution in [-0.2, 0) is 25.3 Å². The van der Waals surface area contributed by atoms with E-state index in [1.54, 1.807) is 6.26 Å². The molecule has 3 saturated carbocycles. The highest BCUT2D eigenvalue weighted by atomic mass is 19.1. The number of halogens is 2. The average molecular weight is 522 g/mol. The zero-order chi connectivity index (χ0) is 26.8. The fourth-order valence-corrected chi connectivity index (χ4v) is 6.72. The van der Waals surface area contributed by atoms with Crippen molar-refractivity contribution in [3.63, 3.8) is 0 Å². The molecule has 38 heavy (non-hydrogen) atoms. The van der Waals surface area contributed by atoms with Gasteiger partial charge in [0.25, 0.3) is 0 Å². The Hall–Kier alpha value is -3.24. The summed E-state index contributed by atoms with van der Waals surface area (Å²) < 4.78 is 46.0. The number of amides is 2. The van der Waals surface area contributed by atoms with Gasteiger partial charge in [0, 0.05) is 11.5 Å². The molecule has 2 heterocycles. The van der Waals surface area contributed by atoms with Gasteiger partial charge in [0.2, 0.25) is 0 Å². The van der Waals surface area contributed by atoms with Crippen LogP contribution >= 0.6 is 0 Å². The number of fused-ring (bicyclic) bond motifs is 1. The van der Waals surface area contributed by atoms with Gasteiger partial charge in [0.05, 0.1) is 29.6 Å². The highest BCUT2D eigenvalue weighted by Gasteiger charge is 2.68. The Morgan fingerprint density at radius 1 is 1.11 bits per heavy atom. The number of carbonyl (C=O) groups is 2. The molecule has 7 rings (SSSR count). The lowest BCUT2D eigenvalue weighted by Gasteiger charge is -2.64. The molecule has 7 nitrogen and oxygen atoms in total. The molecule has 2 N–H and O–H groups in total. The molecule has 2 bridgehead atoms. The van der Waals surface area contributed by atoms with Gasteiger partial charge in [-0.1, -0.05) is 32.0 Å². The summed E-state index contributed by atoms with van der Waals surface area (Å²) in [5.41, 5.74) is 0.866. The largest absolute Gasteiger partial charge is 0.482 e. The zero-order valence-electron chi connectivity index (χ0n) is 21.4. The number of hydrogen-bond acceptors (Lipinski definition) is 5. The second-order valence-corrected chi connectivity index (χ2v) is 11.5. The van der Waals surface area contributed by atoms with Crippen LogP contribution in [0, 0.1) is 28.9 Å². The molecule has 2 amide bonds. The van der Waals surface area contributed by atoms with E-state index in [4.69, 9.17) is 13.7 Å². The molecular weight excluding hydrogens is 493 g/mol. The van der Waals surface area contributed by atoms with Crippen LogP contribution < -0.4 is 10.6 Å². The maximum Gasteiger partial charge on any atom is 0.482 e. The summed E-state index contributed by atoms with van der Waals surface area (Å²) in [4.78, 5) is 25.7. The average Bonchev–Trinajstić information content (AvgIpc) is 3.45. The van der Waals surface area contributed by atoms with Gasteiger partial charge in [-0.25, -0.2) is 8.78 Å². The normalized spacial score (nSPS) is 27.9. The number of furan rings is 1. The highest BCUT2D eigenvalue weighted by molar-refractivity contribution is 6.49. The third-order valence-corrected chi connectivity index (χ3v) is 9.00. The number of nitrogens with one attached hydrogen (secondary N) is 2. The Kier molecular flexibility index (Phi) is 5.88. The third-order valence-electron chi connectivity index (χ3n) is 9.00. The maximum atomic E-state index is 14.1. The van der Waals surface area contributed by atoms with Crippen molar-refractivity contribution in [2.45, 2.75) is 57.7 Å². The highest BCUT2D eigenvalue weighted by Crippen LogP contribution is 2.65. The van der Waals surface area contributed by atoms with Gasteiger partial charge >= 0.3 is 18.9 Å². The fourth-order valence-electron chi connectivity index (χ4n) is 6.72. The second-order valence-electron chi connectivity index (χ2n) is 11.5. The molecule has 3 aromatic rings. The van der Waals surface area contributed by atoms with Crippen molar-refractivity contribution in [2.75, 3.05) is 5.32 Å². The minimum Gasteiger partial charge on any atom is -0.464 e. The summed E-state index contributed by atoms with van der Waals surface area (Å²) in [5.74, 6) is -3.69. The van der Waals surface area contributed by atoms with Gasteiger partial charge in [-0.2, -0.15) is 0 Å². The van der Waals surface area contributed by atoms with Crippen LogP contribution in [0.15, 0.2) is 53.1 Å². The van der Waals surface area contributed by atoms with Crippen LogP contribution in [0.4, 0.5) is 14.5 Å². The number of carbonyl (C=O) groups excluding carboxylic acids is 2. The molecule has 0 spiro atoms. The Morgan fingerprint density at radius 2 is 1.89 bits per heavy atom. The predicted molar refractivity (Wildman–Crippen MR) is 137 cm³/mol. The van der Waals surface area contributed by atoms with E-state index < -0.39 is 42.1 Å². The lowest BCUT2D eigenvalue weighted by atomic mass is 9.43. The van der Waals surface area contributed by atoms with Crippen molar-refractivity contribution in [1.82, 2.24) is 5.32 Å². The minimum atomic E-state index is -1.08. The van der Waals surface area contributed by atoms with E-state index >= 15 is 0 Å². The number of benzene rings is 2. The van der Waals surface area contributed by atoms with Gasteiger partial charge in [-0.15, -0.1) is 0 Å². The molecule has 1 aromatic heterocycles. The van der Waals surface area contributed by atoms with Crippen molar-refractivity contribution < 1.29 is 32.1 Å². The lowest BCUT2D eigenvalue weighted by Crippen LogP contribution is -2.65. The van der Waals surface area contributed by atoms with Crippen molar-refractivity contribution in [3.05, 3.63) is 65.9 Å². The molecular formula is C28H29BF2N2O5. The Labute approximate surface area is 219 Å². The van der Waals surface area contributed by atoms with Crippen LogP contribution in [0.25, 0.3) is 11.0 Å². The van der Waals surface area contributed by atoms with E-state index in [2.05, 4.69) is 31.4 Å². The number of anilines is 1. The number of para-hydroxylation sites is 1. The first-order valence-corrected chi connectivity index (χ1v) is 12.9. The standard InChI is InChI=1S/C28H29BF2N2O5/c1-27(2)16-11-22(27)28(3)23(12-16)37-29(38-28)24(10-15-14-36-21-7-5-4-6-18(15)21)33-26(35)25(34)32-20-9-8-17(30)13-19(20)31/h4-9,13-14,16,22-24H,10-12H2,1-3H3,(H,32,34)(H,33,35)/t16?,22?,23-,24?,28+/m1/s1. The first-order chi connectivity index (χ1) is 18.1. The van der Waals surface area contributed by atoms with Crippen molar-refractivity contribution in [1.29, 1.82) is 0 Å². The van der Waals surface area contributed by atoms with Crippen LogP contribution in [0.1, 0.15) is 39.2 Å². The number of rotatable bonds is 5. The molecule has 4 aliphatic rings. The molecule has 2 aromatic carbocycles. The van der Waals surface area contributed by atoms with E-state index in [0.717, 1.165) is 35.9 Å².